The fourth-order valence-electron chi connectivity index (χ4n) is 5.76. The minimum absolute atomic E-state index is 0.00511. The van der Waals surface area contributed by atoms with Gasteiger partial charge in [-0.3, -0.25) is 14.3 Å². The largest absolute Gasteiger partial charge is 0.368 e. The average Bonchev–Trinajstić information content (AvgIpc) is 3.31. The highest BCUT2D eigenvalue weighted by Gasteiger charge is 2.31. The monoisotopic (exact) mass is 531 g/mol. The number of likely N-dealkylation sites (tertiary alicyclic amines) is 1. The molecule has 1 amide bonds. The first-order valence-electron chi connectivity index (χ1n) is 13.3. The lowest BCUT2D eigenvalue weighted by Crippen LogP contribution is -2.52. The minimum Gasteiger partial charge on any atom is -0.368 e. The number of piperazine rings is 1. The Morgan fingerprint density at radius 2 is 1.61 bits per heavy atom. The highest BCUT2D eigenvalue weighted by atomic mass is 35.5. The van der Waals surface area contributed by atoms with Crippen molar-refractivity contribution in [1.29, 1.82) is 0 Å². The summed E-state index contributed by atoms with van der Waals surface area (Å²) in [6.45, 7) is 5.41. The zero-order valence-corrected chi connectivity index (χ0v) is 22.0. The smallest absolute Gasteiger partial charge is 0.227 e. The molecular formula is C30H31ClFN5O. The third-order valence-electron chi connectivity index (χ3n) is 7.72. The highest BCUT2D eigenvalue weighted by molar-refractivity contribution is 6.30. The standard InChI is InChI=1S/C30H31ClFN5O/c31-23-7-11-25(12-8-23)35-16-18-36(19-17-35)30(38)22-4-3-15-34(20-22)21-29-33-27-5-1-2-6-28(27)37(29)26-13-9-24(32)10-14-26/h1-2,5-14,22H,3-4,15-21H2/t22-/m1/s1. The lowest BCUT2D eigenvalue weighted by atomic mass is 9.96. The van der Waals surface area contributed by atoms with Crippen LogP contribution in [-0.2, 0) is 11.3 Å². The molecule has 3 aromatic carbocycles. The number of amides is 1. The van der Waals surface area contributed by atoms with E-state index in [0.29, 0.717) is 6.54 Å². The number of piperidine rings is 1. The predicted octanol–water partition coefficient (Wildman–Crippen LogP) is 5.38. The molecular weight excluding hydrogens is 501 g/mol. The molecule has 0 N–H and O–H groups in total. The summed E-state index contributed by atoms with van der Waals surface area (Å²) in [4.78, 5) is 25.1. The van der Waals surface area contributed by atoms with Gasteiger partial charge in [-0.15, -0.1) is 0 Å². The van der Waals surface area contributed by atoms with E-state index in [1.807, 2.05) is 53.4 Å². The van der Waals surface area contributed by atoms with Crippen molar-refractivity contribution in [3.05, 3.63) is 89.5 Å². The van der Waals surface area contributed by atoms with Crippen LogP contribution in [-0.4, -0.2) is 64.5 Å². The number of para-hydroxylation sites is 2. The molecule has 38 heavy (non-hydrogen) atoms. The van der Waals surface area contributed by atoms with Crippen LogP contribution in [0, 0.1) is 11.7 Å². The molecule has 0 unspecified atom stereocenters. The van der Waals surface area contributed by atoms with Gasteiger partial charge in [0.15, 0.2) is 0 Å². The molecule has 1 aromatic heterocycles. The summed E-state index contributed by atoms with van der Waals surface area (Å²) in [7, 11) is 0. The Balaban J connectivity index is 1.14. The molecule has 4 aromatic rings. The first kappa shape index (κ1) is 24.9. The molecule has 196 valence electrons. The molecule has 2 fully saturated rings. The summed E-state index contributed by atoms with van der Waals surface area (Å²) in [5.74, 6) is 0.903. The molecule has 0 radical (unpaired) electrons. The van der Waals surface area contributed by atoms with Crippen molar-refractivity contribution in [2.75, 3.05) is 44.2 Å². The van der Waals surface area contributed by atoms with Gasteiger partial charge in [0.25, 0.3) is 0 Å². The second-order valence-corrected chi connectivity index (χ2v) is 10.6. The second kappa shape index (κ2) is 10.8. The molecule has 0 aliphatic carbocycles. The minimum atomic E-state index is -0.258. The van der Waals surface area contributed by atoms with Crippen LogP contribution in [0.5, 0.6) is 0 Å². The molecule has 2 saturated heterocycles. The summed E-state index contributed by atoms with van der Waals surface area (Å²) >= 11 is 6.04. The topological polar surface area (TPSA) is 44.6 Å². The number of rotatable bonds is 5. The number of fused-ring (bicyclic) bond motifs is 1. The molecule has 6 rings (SSSR count). The molecule has 6 nitrogen and oxygen atoms in total. The molecule has 0 saturated carbocycles. The van der Waals surface area contributed by atoms with Crippen LogP contribution < -0.4 is 4.90 Å². The average molecular weight is 532 g/mol. The Bertz CT molecular complexity index is 1410. The van der Waals surface area contributed by atoms with Crippen LogP contribution in [0.1, 0.15) is 18.7 Å². The number of benzene rings is 3. The third kappa shape index (κ3) is 5.13. The molecule has 1 atom stereocenters. The van der Waals surface area contributed by atoms with Crippen molar-refractivity contribution < 1.29 is 9.18 Å². The van der Waals surface area contributed by atoms with E-state index in [-0.39, 0.29) is 17.6 Å². The third-order valence-corrected chi connectivity index (χ3v) is 7.97. The van der Waals surface area contributed by atoms with Gasteiger partial charge in [0.2, 0.25) is 5.91 Å². The number of nitrogens with zero attached hydrogens (tertiary/aromatic N) is 5. The maximum atomic E-state index is 13.6. The molecule has 0 bridgehead atoms. The van der Waals surface area contributed by atoms with Gasteiger partial charge in [0, 0.05) is 49.1 Å². The Hall–Kier alpha value is -3.42. The van der Waals surface area contributed by atoms with Crippen LogP contribution in [0.15, 0.2) is 72.8 Å². The van der Waals surface area contributed by atoms with E-state index in [9.17, 15) is 9.18 Å². The fourth-order valence-corrected chi connectivity index (χ4v) is 5.88. The summed E-state index contributed by atoms with van der Waals surface area (Å²) in [6.07, 6.45) is 1.90. The molecule has 0 spiro atoms. The van der Waals surface area contributed by atoms with E-state index in [0.717, 1.165) is 85.4 Å². The number of halogens is 2. The van der Waals surface area contributed by atoms with E-state index >= 15 is 0 Å². The van der Waals surface area contributed by atoms with Gasteiger partial charge in [-0.2, -0.15) is 0 Å². The first-order chi connectivity index (χ1) is 18.5. The highest BCUT2D eigenvalue weighted by Crippen LogP contribution is 2.26. The molecule has 2 aliphatic rings. The van der Waals surface area contributed by atoms with E-state index in [1.165, 1.54) is 12.1 Å². The van der Waals surface area contributed by atoms with Crippen molar-refractivity contribution in [3.63, 3.8) is 0 Å². The summed E-state index contributed by atoms with van der Waals surface area (Å²) in [6, 6.07) is 22.5. The Morgan fingerprint density at radius 1 is 0.895 bits per heavy atom. The fraction of sp³-hybridized carbons (Fsp3) is 0.333. The second-order valence-electron chi connectivity index (χ2n) is 10.2. The quantitative estimate of drug-likeness (QED) is 0.347. The van der Waals surface area contributed by atoms with Crippen LogP contribution in [0.3, 0.4) is 0 Å². The van der Waals surface area contributed by atoms with E-state index in [1.54, 1.807) is 12.1 Å². The van der Waals surface area contributed by atoms with Crippen molar-refractivity contribution in [1.82, 2.24) is 19.4 Å². The van der Waals surface area contributed by atoms with Gasteiger partial charge in [0.05, 0.1) is 23.5 Å². The summed E-state index contributed by atoms with van der Waals surface area (Å²) < 4.78 is 15.7. The Morgan fingerprint density at radius 3 is 2.37 bits per heavy atom. The molecule has 3 heterocycles. The van der Waals surface area contributed by atoms with Gasteiger partial charge in [-0.1, -0.05) is 23.7 Å². The van der Waals surface area contributed by atoms with Gasteiger partial charge in [-0.05, 0) is 80.1 Å². The zero-order chi connectivity index (χ0) is 26.1. The normalized spacial score (nSPS) is 18.7. The number of carbonyl (C=O) groups excluding carboxylic acids is 1. The Kier molecular flexibility index (Phi) is 7.04. The van der Waals surface area contributed by atoms with Crippen LogP contribution in [0.25, 0.3) is 16.7 Å². The Labute approximate surface area is 227 Å². The number of imidazole rings is 1. The SMILES string of the molecule is O=C([C@@H]1CCCN(Cc2nc3ccccc3n2-c2ccc(F)cc2)C1)N1CCN(c2ccc(Cl)cc2)CC1. The maximum absolute atomic E-state index is 13.6. The van der Waals surface area contributed by atoms with Crippen molar-refractivity contribution >= 4 is 34.2 Å². The van der Waals surface area contributed by atoms with Gasteiger partial charge in [-0.25, -0.2) is 9.37 Å². The summed E-state index contributed by atoms with van der Waals surface area (Å²) in [5, 5.41) is 0.734. The first-order valence-corrected chi connectivity index (χ1v) is 13.7. The number of hydrogen-bond donors (Lipinski definition) is 0. The van der Waals surface area contributed by atoms with E-state index < -0.39 is 0 Å². The number of anilines is 1. The number of hydrogen-bond acceptors (Lipinski definition) is 4. The van der Waals surface area contributed by atoms with Crippen LogP contribution >= 0.6 is 11.6 Å². The zero-order valence-electron chi connectivity index (χ0n) is 21.3. The summed E-state index contributed by atoms with van der Waals surface area (Å²) in [5.41, 5.74) is 3.94. The lowest BCUT2D eigenvalue weighted by molar-refractivity contribution is -0.137. The predicted molar refractivity (Wildman–Crippen MR) is 149 cm³/mol. The van der Waals surface area contributed by atoms with Crippen molar-refractivity contribution in [2.24, 2.45) is 5.92 Å². The lowest BCUT2D eigenvalue weighted by Gasteiger charge is -2.39. The van der Waals surface area contributed by atoms with Crippen molar-refractivity contribution in [3.8, 4) is 5.69 Å². The van der Waals surface area contributed by atoms with Gasteiger partial charge in [0.1, 0.15) is 11.6 Å². The molecule has 2 aliphatic heterocycles. The van der Waals surface area contributed by atoms with Crippen LogP contribution in [0.4, 0.5) is 10.1 Å². The van der Waals surface area contributed by atoms with Crippen molar-refractivity contribution in [2.45, 2.75) is 19.4 Å². The van der Waals surface area contributed by atoms with E-state index in [2.05, 4.69) is 14.4 Å². The van der Waals surface area contributed by atoms with Gasteiger partial charge >= 0.3 is 0 Å². The molecule has 8 heteroatoms. The number of carbonyl (C=O) groups is 1. The van der Waals surface area contributed by atoms with Crippen LogP contribution in [0.2, 0.25) is 5.02 Å². The van der Waals surface area contributed by atoms with E-state index in [4.69, 9.17) is 16.6 Å². The maximum Gasteiger partial charge on any atom is 0.227 e. The van der Waals surface area contributed by atoms with Gasteiger partial charge < -0.3 is 9.80 Å². The number of aromatic nitrogens is 2.